The summed E-state index contributed by atoms with van der Waals surface area (Å²) in [6, 6.07) is 10.6. The van der Waals surface area contributed by atoms with Gasteiger partial charge in [-0.3, -0.25) is 14.4 Å². The number of carbonyl (C=O) groups is 2. The molecule has 0 saturated carbocycles. The Morgan fingerprint density at radius 3 is 2.74 bits per heavy atom. The number of ketones is 1. The molecule has 0 spiro atoms. The standard InChI is InChI=1S/C30H31ClN6O5/c1-36-9-6-18(7-10-36)37-15-17-11-24-25(13-21(17)30(37)40)35-28(34-24)27-23(5-8-32-29(27)39)33-14-19(38)16-42-26-4-3-20(41-2)12-22(26)31/h3-5,8,11-13,18H,6-7,9-10,14-16H2,1-2H3,(H,34,35)(H2,32,33,39). The average Bonchev–Trinajstić information content (AvgIpc) is 3.54. The van der Waals surface area contributed by atoms with Crippen LogP contribution in [0.15, 0.2) is 47.4 Å². The van der Waals surface area contributed by atoms with Crippen molar-refractivity contribution < 1.29 is 19.1 Å². The van der Waals surface area contributed by atoms with E-state index in [2.05, 4.69) is 27.2 Å². The highest BCUT2D eigenvalue weighted by molar-refractivity contribution is 6.32. The van der Waals surface area contributed by atoms with Gasteiger partial charge in [0.25, 0.3) is 11.5 Å². The Hall–Kier alpha value is -4.35. The van der Waals surface area contributed by atoms with Gasteiger partial charge in [-0.2, -0.15) is 0 Å². The zero-order valence-electron chi connectivity index (χ0n) is 23.3. The summed E-state index contributed by atoms with van der Waals surface area (Å²) in [5, 5.41) is 3.37. The molecule has 4 heterocycles. The number of H-pyrrole nitrogens is 2. The Morgan fingerprint density at radius 2 is 1.98 bits per heavy atom. The number of aromatic nitrogens is 3. The first-order valence-electron chi connectivity index (χ1n) is 13.8. The molecule has 2 aromatic carbocycles. The Morgan fingerprint density at radius 1 is 1.17 bits per heavy atom. The Labute approximate surface area is 246 Å². The van der Waals surface area contributed by atoms with Gasteiger partial charge in [0.2, 0.25) is 0 Å². The van der Waals surface area contributed by atoms with Gasteiger partial charge in [0.1, 0.15) is 29.5 Å². The maximum absolute atomic E-state index is 13.3. The number of ether oxygens (including phenoxy) is 2. The van der Waals surface area contributed by atoms with Gasteiger partial charge in [-0.05, 0) is 68.9 Å². The molecule has 3 N–H and O–H groups in total. The summed E-state index contributed by atoms with van der Waals surface area (Å²) in [6.45, 7) is 2.23. The lowest BCUT2D eigenvalue weighted by molar-refractivity contribution is -0.119. The van der Waals surface area contributed by atoms with E-state index in [1.165, 1.54) is 13.3 Å². The number of anilines is 1. The van der Waals surface area contributed by atoms with Crippen molar-refractivity contribution in [3.05, 3.63) is 69.1 Å². The van der Waals surface area contributed by atoms with Crippen LogP contribution in [0, 0.1) is 0 Å². The van der Waals surface area contributed by atoms with Crippen molar-refractivity contribution in [2.24, 2.45) is 0 Å². The van der Waals surface area contributed by atoms with E-state index in [9.17, 15) is 14.4 Å². The molecule has 1 saturated heterocycles. The molecule has 218 valence electrons. The smallest absolute Gasteiger partial charge is 0.261 e. The summed E-state index contributed by atoms with van der Waals surface area (Å²) >= 11 is 6.19. The van der Waals surface area contributed by atoms with Crippen molar-refractivity contribution in [1.29, 1.82) is 0 Å². The number of methoxy groups -OCH3 is 1. The lowest BCUT2D eigenvalue weighted by atomic mass is 10.0. The Kier molecular flexibility index (Phi) is 7.61. The normalized spacial score (nSPS) is 15.7. The van der Waals surface area contributed by atoms with Crippen LogP contribution in [-0.4, -0.2) is 82.9 Å². The summed E-state index contributed by atoms with van der Waals surface area (Å²) in [4.78, 5) is 53.6. The minimum atomic E-state index is -0.371. The molecule has 0 bridgehead atoms. The topological polar surface area (TPSA) is 133 Å². The van der Waals surface area contributed by atoms with Gasteiger partial charge in [-0.15, -0.1) is 0 Å². The minimum Gasteiger partial charge on any atom is -0.497 e. The predicted octanol–water partition coefficient (Wildman–Crippen LogP) is 3.69. The van der Waals surface area contributed by atoms with Crippen LogP contribution in [0.25, 0.3) is 22.4 Å². The predicted molar refractivity (Wildman–Crippen MR) is 160 cm³/mol. The second-order valence-corrected chi connectivity index (χ2v) is 11.1. The van der Waals surface area contributed by atoms with Gasteiger partial charge in [0, 0.05) is 30.4 Å². The molecule has 4 aromatic rings. The molecule has 0 radical (unpaired) electrons. The molecule has 2 aliphatic rings. The van der Waals surface area contributed by atoms with Crippen LogP contribution in [0.1, 0.15) is 28.8 Å². The largest absolute Gasteiger partial charge is 0.497 e. The quantitative estimate of drug-likeness (QED) is 0.269. The van der Waals surface area contributed by atoms with Crippen LogP contribution in [0.4, 0.5) is 5.69 Å². The first kappa shape index (κ1) is 27.8. The number of Topliss-reactive ketones (excluding diaryl/α,β-unsaturated/α-hetero) is 1. The fourth-order valence-corrected chi connectivity index (χ4v) is 5.77. The van der Waals surface area contributed by atoms with Crippen molar-refractivity contribution in [2.75, 3.05) is 45.7 Å². The van der Waals surface area contributed by atoms with Crippen molar-refractivity contribution in [2.45, 2.75) is 25.4 Å². The molecular formula is C30H31ClN6O5. The van der Waals surface area contributed by atoms with Crippen LogP contribution in [0.5, 0.6) is 11.5 Å². The molecule has 0 aliphatic carbocycles. The fraction of sp³-hybridized carbons (Fsp3) is 0.333. The summed E-state index contributed by atoms with van der Waals surface area (Å²) in [5.74, 6) is 1.07. The zero-order chi connectivity index (χ0) is 29.4. The van der Waals surface area contributed by atoms with E-state index in [-0.39, 0.29) is 42.0 Å². The van der Waals surface area contributed by atoms with E-state index in [0.717, 1.165) is 31.5 Å². The Bertz CT molecular complexity index is 1730. The van der Waals surface area contributed by atoms with Gasteiger partial charge in [-0.1, -0.05) is 11.6 Å². The first-order valence-corrected chi connectivity index (χ1v) is 14.1. The van der Waals surface area contributed by atoms with E-state index >= 15 is 0 Å². The highest BCUT2D eigenvalue weighted by atomic mass is 35.5. The van der Waals surface area contributed by atoms with Crippen molar-refractivity contribution in [3.63, 3.8) is 0 Å². The van der Waals surface area contributed by atoms with Crippen molar-refractivity contribution in [3.8, 4) is 22.9 Å². The number of halogens is 1. The lowest BCUT2D eigenvalue weighted by Gasteiger charge is -2.34. The van der Waals surface area contributed by atoms with Crippen molar-refractivity contribution >= 4 is 40.0 Å². The number of benzene rings is 2. The number of piperidine rings is 1. The first-order chi connectivity index (χ1) is 20.3. The Balaban J connectivity index is 1.17. The molecular weight excluding hydrogens is 560 g/mol. The lowest BCUT2D eigenvalue weighted by Crippen LogP contribution is -2.43. The second-order valence-electron chi connectivity index (χ2n) is 10.7. The van der Waals surface area contributed by atoms with E-state index in [1.54, 1.807) is 24.3 Å². The van der Waals surface area contributed by atoms with Crippen LogP contribution in [0.3, 0.4) is 0 Å². The van der Waals surface area contributed by atoms with Crippen molar-refractivity contribution in [1.82, 2.24) is 24.8 Å². The number of hydrogen-bond donors (Lipinski definition) is 3. The number of amides is 1. The number of hydrogen-bond acceptors (Lipinski definition) is 8. The second kappa shape index (κ2) is 11.5. The summed E-state index contributed by atoms with van der Waals surface area (Å²) < 4.78 is 10.7. The molecule has 0 unspecified atom stereocenters. The third kappa shape index (κ3) is 5.45. The third-order valence-electron chi connectivity index (χ3n) is 7.87. The zero-order valence-corrected chi connectivity index (χ0v) is 24.1. The molecule has 1 fully saturated rings. The maximum Gasteiger partial charge on any atom is 0.261 e. The molecule has 2 aromatic heterocycles. The van der Waals surface area contributed by atoms with Crippen LogP contribution in [0.2, 0.25) is 5.02 Å². The third-order valence-corrected chi connectivity index (χ3v) is 8.16. The summed E-state index contributed by atoms with van der Waals surface area (Å²) in [6.07, 6.45) is 3.43. The van der Waals surface area contributed by atoms with Gasteiger partial charge in [0.05, 0.1) is 35.4 Å². The molecule has 6 rings (SSSR count). The average molecular weight is 591 g/mol. The summed E-state index contributed by atoms with van der Waals surface area (Å²) in [5.41, 5.74) is 3.26. The van der Waals surface area contributed by atoms with Crippen LogP contribution < -0.4 is 20.3 Å². The number of aromatic amines is 2. The van der Waals surface area contributed by atoms with E-state index < -0.39 is 0 Å². The monoisotopic (exact) mass is 590 g/mol. The molecule has 11 nitrogen and oxygen atoms in total. The minimum absolute atomic E-state index is 0.0363. The number of rotatable bonds is 9. The highest BCUT2D eigenvalue weighted by Crippen LogP contribution is 2.33. The number of carbonyl (C=O) groups excluding carboxylic acids is 2. The van der Waals surface area contributed by atoms with E-state index in [4.69, 9.17) is 26.1 Å². The number of nitrogens with zero attached hydrogens (tertiary/aromatic N) is 3. The molecule has 1 amide bonds. The fourth-order valence-electron chi connectivity index (χ4n) is 5.55. The van der Waals surface area contributed by atoms with Gasteiger partial charge < -0.3 is 34.6 Å². The number of imidazole rings is 1. The SMILES string of the molecule is COc1ccc(OCC(=O)CNc2cc[nH]c(=O)c2-c2nc3cc4c(cc3[nH]2)C(=O)N(C2CCN(C)CC2)C4)c(Cl)c1. The van der Waals surface area contributed by atoms with Crippen LogP contribution in [-0.2, 0) is 11.3 Å². The van der Waals surface area contributed by atoms with Crippen LogP contribution >= 0.6 is 11.6 Å². The molecule has 42 heavy (non-hydrogen) atoms. The number of nitrogens with one attached hydrogen (secondary N) is 3. The van der Waals surface area contributed by atoms with Gasteiger partial charge in [-0.25, -0.2) is 4.98 Å². The number of likely N-dealkylation sites (tertiary alicyclic amines) is 1. The maximum atomic E-state index is 13.3. The highest BCUT2D eigenvalue weighted by Gasteiger charge is 2.34. The molecule has 0 atom stereocenters. The number of pyridine rings is 1. The van der Waals surface area contributed by atoms with Gasteiger partial charge in [0.15, 0.2) is 5.78 Å². The van der Waals surface area contributed by atoms with Gasteiger partial charge >= 0.3 is 0 Å². The molecule has 2 aliphatic heterocycles. The van der Waals surface area contributed by atoms with E-state index in [0.29, 0.717) is 51.2 Å². The van der Waals surface area contributed by atoms with E-state index in [1.807, 2.05) is 17.0 Å². The molecule has 12 heteroatoms. The summed E-state index contributed by atoms with van der Waals surface area (Å²) in [7, 11) is 3.64. The number of fused-ring (bicyclic) bond motifs is 2.